The number of rotatable bonds is 1. The lowest BCUT2D eigenvalue weighted by atomic mass is 10.1. The number of nitrogens with one attached hydrogen (secondary N) is 1. The lowest BCUT2D eigenvalue weighted by Gasteiger charge is -1.92. The Balaban J connectivity index is 2.81. The first kappa shape index (κ1) is 8.05. The zero-order valence-electron chi connectivity index (χ0n) is 7.72. The molecule has 0 aliphatic carbocycles. The second-order valence-corrected chi connectivity index (χ2v) is 3.30. The van der Waals surface area contributed by atoms with Gasteiger partial charge >= 0.3 is 0 Å². The number of aromatic nitrogens is 1. The molecule has 1 aromatic carbocycles. The molecule has 0 spiro atoms. The number of fused-ring (bicyclic) bond motifs is 1. The molecule has 0 aliphatic heterocycles. The van der Waals surface area contributed by atoms with Gasteiger partial charge in [0.25, 0.3) is 0 Å². The van der Waals surface area contributed by atoms with Crippen LogP contribution in [0.5, 0.6) is 0 Å². The number of benzene rings is 1. The molecule has 1 aromatic heterocycles. The van der Waals surface area contributed by atoms with Gasteiger partial charge in [-0.25, -0.2) is 0 Å². The van der Waals surface area contributed by atoms with Crippen LogP contribution in [0.3, 0.4) is 0 Å². The summed E-state index contributed by atoms with van der Waals surface area (Å²) in [6.07, 6.45) is 0.876. The van der Waals surface area contributed by atoms with Crippen LogP contribution in [0.4, 0.5) is 0 Å². The van der Waals surface area contributed by atoms with Crippen molar-refractivity contribution in [1.82, 2.24) is 4.98 Å². The first-order valence-corrected chi connectivity index (χ1v) is 4.26. The van der Waals surface area contributed by atoms with Crippen molar-refractivity contribution in [2.45, 2.75) is 13.8 Å². The van der Waals surface area contributed by atoms with Gasteiger partial charge in [-0.05, 0) is 37.6 Å². The van der Waals surface area contributed by atoms with E-state index >= 15 is 0 Å². The molecule has 2 nitrogen and oxygen atoms in total. The van der Waals surface area contributed by atoms with Gasteiger partial charge < -0.3 is 4.98 Å². The smallest absolute Gasteiger partial charge is 0.150 e. The summed E-state index contributed by atoms with van der Waals surface area (Å²) in [7, 11) is 0. The maximum Gasteiger partial charge on any atom is 0.150 e. The van der Waals surface area contributed by atoms with Crippen LogP contribution >= 0.6 is 0 Å². The molecular weight excluding hydrogens is 162 g/mol. The van der Waals surface area contributed by atoms with E-state index in [-0.39, 0.29) is 0 Å². The van der Waals surface area contributed by atoms with Crippen LogP contribution in [-0.2, 0) is 0 Å². The van der Waals surface area contributed by atoms with Crippen molar-refractivity contribution in [3.63, 3.8) is 0 Å². The number of carbonyl (C=O) groups excluding carboxylic acids is 1. The van der Waals surface area contributed by atoms with Gasteiger partial charge in [0.15, 0.2) is 0 Å². The van der Waals surface area contributed by atoms with E-state index in [1.54, 1.807) is 0 Å². The van der Waals surface area contributed by atoms with Gasteiger partial charge in [0.1, 0.15) is 6.29 Å². The lowest BCUT2D eigenvalue weighted by molar-refractivity contribution is 0.112. The van der Waals surface area contributed by atoms with E-state index in [1.807, 2.05) is 25.1 Å². The highest BCUT2D eigenvalue weighted by atomic mass is 16.1. The molecule has 0 aliphatic rings. The Hall–Kier alpha value is -1.57. The topological polar surface area (TPSA) is 32.9 Å². The van der Waals surface area contributed by atoms with Crippen molar-refractivity contribution in [2.24, 2.45) is 0 Å². The Morgan fingerprint density at radius 2 is 2.08 bits per heavy atom. The highest BCUT2D eigenvalue weighted by Crippen LogP contribution is 2.21. The molecule has 2 aromatic rings. The quantitative estimate of drug-likeness (QED) is 0.660. The van der Waals surface area contributed by atoms with Gasteiger partial charge in [0.2, 0.25) is 0 Å². The minimum Gasteiger partial charge on any atom is -0.358 e. The molecule has 0 fully saturated rings. The predicted molar refractivity (Wildman–Crippen MR) is 53.2 cm³/mol. The van der Waals surface area contributed by atoms with Crippen LogP contribution < -0.4 is 0 Å². The van der Waals surface area contributed by atoms with E-state index in [0.717, 1.165) is 28.4 Å². The van der Waals surface area contributed by atoms with E-state index in [0.29, 0.717) is 0 Å². The third kappa shape index (κ3) is 1.15. The summed E-state index contributed by atoms with van der Waals surface area (Å²) >= 11 is 0. The molecule has 0 radical (unpaired) electrons. The van der Waals surface area contributed by atoms with Gasteiger partial charge in [0, 0.05) is 22.2 Å². The predicted octanol–water partition coefficient (Wildman–Crippen LogP) is 2.60. The van der Waals surface area contributed by atoms with Crippen LogP contribution in [0, 0.1) is 13.8 Å². The fraction of sp³-hybridized carbons (Fsp3) is 0.182. The van der Waals surface area contributed by atoms with Gasteiger partial charge in [0.05, 0.1) is 0 Å². The summed E-state index contributed by atoms with van der Waals surface area (Å²) in [5, 5.41) is 1.14. The molecular formula is C11H11NO. The molecule has 0 atom stereocenters. The summed E-state index contributed by atoms with van der Waals surface area (Å²) in [6, 6.07) is 5.69. The van der Waals surface area contributed by atoms with Gasteiger partial charge in [-0.15, -0.1) is 0 Å². The van der Waals surface area contributed by atoms with Crippen molar-refractivity contribution in [2.75, 3.05) is 0 Å². The highest BCUT2D eigenvalue weighted by molar-refractivity contribution is 5.90. The van der Waals surface area contributed by atoms with Crippen LogP contribution in [0.1, 0.15) is 21.6 Å². The molecule has 0 bridgehead atoms. The highest BCUT2D eigenvalue weighted by Gasteiger charge is 2.03. The number of hydrogen-bond donors (Lipinski definition) is 1. The summed E-state index contributed by atoms with van der Waals surface area (Å²) in [4.78, 5) is 13.8. The summed E-state index contributed by atoms with van der Waals surface area (Å²) in [5.41, 5.74) is 4.21. The van der Waals surface area contributed by atoms with Crippen LogP contribution in [0.15, 0.2) is 18.2 Å². The molecule has 2 heteroatoms. The maximum absolute atomic E-state index is 10.6. The van der Waals surface area contributed by atoms with E-state index in [4.69, 9.17) is 0 Å². The average molecular weight is 173 g/mol. The van der Waals surface area contributed by atoms with Gasteiger partial charge in [-0.2, -0.15) is 0 Å². The number of aromatic amines is 1. The number of aldehydes is 1. The Bertz CT molecular complexity index is 468. The molecule has 0 amide bonds. The van der Waals surface area contributed by atoms with Crippen LogP contribution in [0.25, 0.3) is 10.9 Å². The Morgan fingerprint density at radius 1 is 1.31 bits per heavy atom. The maximum atomic E-state index is 10.6. The lowest BCUT2D eigenvalue weighted by Crippen LogP contribution is -1.78. The number of aryl methyl sites for hydroxylation is 2. The van der Waals surface area contributed by atoms with Crippen LogP contribution in [-0.4, -0.2) is 11.3 Å². The van der Waals surface area contributed by atoms with Crippen molar-refractivity contribution in [3.05, 3.63) is 35.0 Å². The fourth-order valence-electron chi connectivity index (χ4n) is 1.55. The molecule has 1 heterocycles. The number of H-pyrrole nitrogens is 1. The molecule has 0 unspecified atom stereocenters. The first-order chi connectivity index (χ1) is 6.22. The summed E-state index contributed by atoms with van der Waals surface area (Å²) in [5.74, 6) is 0. The Labute approximate surface area is 76.6 Å². The van der Waals surface area contributed by atoms with Gasteiger partial charge in [-0.1, -0.05) is 0 Å². The molecule has 0 saturated carbocycles. The minimum absolute atomic E-state index is 0.731. The van der Waals surface area contributed by atoms with Gasteiger partial charge in [-0.3, -0.25) is 4.79 Å². The first-order valence-electron chi connectivity index (χ1n) is 4.26. The Kier molecular flexibility index (Phi) is 1.69. The van der Waals surface area contributed by atoms with Crippen molar-refractivity contribution in [1.29, 1.82) is 0 Å². The Morgan fingerprint density at radius 3 is 2.77 bits per heavy atom. The van der Waals surface area contributed by atoms with Crippen LogP contribution in [0.2, 0.25) is 0 Å². The van der Waals surface area contributed by atoms with E-state index in [1.165, 1.54) is 5.56 Å². The SMILES string of the molecule is Cc1[nH]c2ccc(C=O)cc2c1C. The largest absolute Gasteiger partial charge is 0.358 e. The fourth-order valence-corrected chi connectivity index (χ4v) is 1.55. The van der Waals surface area contributed by atoms with Crippen molar-refractivity contribution in [3.8, 4) is 0 Å². The molecule has 13 heavy (non-hydrogen) atoms. The zero-order valence-corrected chi connectivity index (χ0v) is 7.72. The van der Waals surface area contributed by atoms with E-state index < -0.39 is 0 Å². The molecule has 66 valence electrons. The second kappa shape index (κ2) is 2.73. The number of hydrogen-bond acceptors (Lipinski definition) is 1. The standard InChI is InChI=1S/C11H11NO/c1-7-8(2)12-11-4-3-9(6-13)5-10(7)11/h3-6,12H,1-2H3. The normalized spacial score (nSPS) is 10.6. The van der Waals surface area contributed by atoms with Crippen molar-refractivity contribution < 1.29 is 4.79 Å². The molecule has 0 saturated heterocycles. The number of carbonyl (C=O) groups is 1. The average Bonchev–Trinajstić information content (AvgIpc) is 2.43. The summed E-state index contributed by atoms with van der Waals surface area (Å²) in [6.45, 7) is 4.10. The summed E-state index contributed by atoms with van der Waals surface area (Å²) < 4.78 is 0. The molecule has 2 rings (SSSR count). The van der Waals surface area contributed by atoms with E-state index in [9.17, 15) is 4.79 Å². The van der Waals surface area contributed by atoms with Crippen molar-refractivity contribution >= 4 is 17.2 Å². The molecule has 1 N–H and O–H groups in total. The van der Waals surface area contributed by atoms with E-state index in [2.05, 4.69) is 11.9 Å². The third-order valence-electron chi connectivity index (χ3n) is 2.47. The second-order valence-electron chi connectivity index (χ2n) is 3.30. The minimum atomic E-state index is 0.731. The zero-order chi connectivity index (χ0) is 9.42. The monoisotopic (exact) mass is 173 g/mol. The third-order valence-corrected chi connectivity index (χ3v) is 2.47.